The van der Waals surface area contributed by atoms with Crippen molar-refractivity contribution in [3.05, 3.63) is 94.5 Å². The summed E-state index contributed by atoms with van der Waals surface area (Å²) in [7, 11) is -3.61. The van der Waals surface area contributed by atoms with Crippen LogP contribution in [0.15, 0.2) is 77.9 Å². The molecule has 0 fully saturated rings. The van der Waals surface area contributed by atoms with Gasteiger partial charge in [0, 0.05) is 10.6 Å². The largest absolute Gasteiger partial charge is 0.482 e. The first kappa shape index (κ1) is 29.7. The van der Waals surface area contributed by atoms with Gasteiger partial charge in [-0.25, -0.2) is 18.6 Å². The predicted molar refractivity (Wildman–Crippen MR) is 152 cm³/mol. The Balaban J connectivity index is 1.57. The summed E-state index contributed by atoms with van der Waals surface area (Å²) in [5, 5.41) is 4.43. The first-order valence-corrected chi connectivity index (χ1v) is 14.1. The molecule has 0 spiro atoms. The van der Waals surface area contributed by atoms with Crippen molar-refractivity contribution in [3.63, 3.8) is 0 Å². The van der Waals surface area contributed by atoms with Crippen LogP contribution >= 0.6 is 11.6 Å². The molecule has 0 radical (unpaired) electrons. The standard InChI is InChI=1S/C28H30ClN3O6S/c1-28(2,3)38-26(33)19-37-24-15-9-20(10-16-24)17-30-31-27(34)21-11-13-23(14-12-21)32(39(4,35)36)18-22-7-5-6-8-25(22)29/h5-17H,18-19H2,1-4H3,(H,31,34)/b30-17+. The minimum atomic E-state index is -3.61. The molecule has 11 heteroatoms. The van der Waals surface area contributed by atoms with Crippen molar-refractivity contribution in [2.24, 2.45) is 5.10 Å². The van der Waals surface area contributed by atoms with E-state index < -0.39 is 27.5 Å². The summed E-state index contributed by atoms with van der Waals surface area (Å²) >= 11 is 6.21. The smallest absolute Gasteiger partial charge is 0.344 e. The number of nitrogens with zero attached hydrogens (tertiary/aromatic N) is 2. The number of anilines is 1. The van der Waals surface area contributed by atoms with E-state index in [1.807, 2.05) is 0 Å². The lowest BCUT2D eigenvalue weighted by molar-refractivity contribution is -0.157. The molecule has 0 aromatic heterocycles. The van der Waals surface area contributed by atoms with Crippen LogP contribution in [0.2, 0.25) is 5.02 Å². The fourth-order valence-corrected chi connectivity index (χ4v) is 4.43. The summed E-state index contributed by atoms with van der Waals surface area (Å²) in [6, 6.07) is 19.9. The van der Waals surface area contributed by atoms with Crippen LogP contribution in [0, 0.1) is 0 Å². The van der Waals surface area contributed by atoms with E-state index in [-0.39, 0.29) is 13.2 Å². The van der Waals surface area contributed by atoms with Crippen LogP contribution in [0.1, 0.15) is 42.3 Å². The van der Waals surface area contributed by atoms with E-state index in [4.69, 9.17) is 21.1 Å². The van der Waals surface area contributed by atoms with Crippen molar-refractivity contribution in [1.29, 1.82) is 0 Å². The number of carbonyl (C=O) groups excluding carboxylic acids is 2. The molecular formula is C28H30ClN3O6S. The maximum Gasteiger partial charge on any atom is 0.344 e. The zero-order valence-corrected chi connectivity index (χ0v) is 23.6. The first-order valence-electron chi connectivity index (χ1n) is 11.9. The van der Waals surface area contributed by atoms with E-state index in [1.54, 1.807) is 81.4 Å². The third kappa shape index (κ3) is 9.42. The van der Waals surface area contributed by atoms with Crippen molar-refractivity contribution in [2.45, 2.75) is 32.9 Å². The number of rotatable bonds is 10. The second-order valence-electron chi connectivity index (χ2n) is 9.55. The van der Waals surface area contributed by atoms with Crippen molar-refractivity contribution >= 4 is 45.4 Å². The summed E-state index contributed by atoms with van der Waals surface area (Å²) in [6.45, 7) is 5.19. The highest BCUT2D eigenvalue weighted by Gasteiger charge is 2.20. The minimum absolute atomic E-state index is 0.0547. The SMILES string of the molecule is CC(C)(C)OC(=O)COc1ccc(/C=N/NC(=O)c2ccc(N(Cc3ccccc3Cl)S(C)(=O)=O)cc2)cc1. The molecule has 0 saturated heterocycles. The second-order valence-corrected chi connectivity index (χ2v) is 11.9. The van der Waals surface area contributed by atoms with Crippen LogP contribution in [0.3, 0.4) is 0 Å². The van der Waals surface area contributed by atoms with E-state index in [0.717, 1.165) is 6.26 Å². The zero-order chi connectivity index (χ0) is 28.6. The quantitative estimate of drug-likeness (QED) is 0.213. The highest BCUT2D eigenvalue weighted by Crippen LogP contribution is 2.24. The molecule has 0 unspecified atom stereocenters. The number of sulfonamides is 1. The number of hydrogen-bond acceptors (Lipinski definition) is 7. The highest BCUT2D eigenvalue weighted by atomic mass is 35.5. The van der Waals surface area contributed by atoms with Gasteiger partial charge in [-0.3, -0.25) is 9.10 Å². The van der Waals surface area contributed by atoms with Crippen molar-refractivity contribution in [1.82, 2.24) is 5.43 Å². The average Bonchev–Trinajstić information content (AvgIpc) is 2.86. The monoisotopic (exact) mass is 571 g/mol. The Hall–Kier alpha value is -3.89. The number of benzene rings is 3. The van der Waals surface area contributed by atoms with Gasteiger partial charge in [0.2, 0.25) is 10.0 Å². The van der Waals surface area contributed by atoms with E-state index in [1.165, 1.54) is 22.7 Å². The van der Waals surface area contributed by atoms with Gasteiger partial charge in [-0.05, 0) is 86.5 Å². The predicted octanol–water partition coefficient (Wildman–Crippen LogP) is 4.79. The Morgan fingerprint density at radius 1 is 1.00 bits per heavy atom. The van der Waals surface area contributed by atoms with Crippen LogP contribution in [0.4, 0.5) is 5.69 Å². The van der Waals surface area contributed by atoms with Crippen molar-refractivity contribution in [3.8, 4) is 5.75 Å². The molecule has 206 valence electrons. The average molecular weight is 572 g/mol. The second kappa shape index (κ2) is 12.8. The van der Waals surface area contributed by atoms with E-state index >= 15 is 0 Å². The number of halogens is 1. The van der Waals surface area contributed by atoms with E-state index in [2.05, 4.69) is 10.5 Å². The minimum Gasteiger partial charge on any atom is -0.482 e. The number of hydrazone groups is 1. The van der Waals surface area contributed by atoms with Gasteiger partial charge >= 0.3 is 5.97 Å². The molecule has 0 aliphatic carbocycles. The van der Waals surface area contributed by atoms with Crippen LogP contribution in [-0.2, 0) is 26.1 Å². The lowest BCUT2D eigenvalue weighted by atomic mass is 10.2. The Labute approximate surface area is 233 Å². The van der Waals surface area contributed by atoms with Gasteiger partial charge in [0.1, 0.15) is 11.4 Å². The molecule has 1 amide bonds. The molecule has 3 aromatic rings. The fraction of sp³-hybridized carbons (Fsp3) is 0.250. The number of esters is 1. The van der Waals surface area contributed by atoms with Gasteiger partial charge in [-0.15, -0.1) is 0 Å². The third-order valence-electron chi connectivity index (χ3n) is 5.13. The zero-order valence-electron chi connectivity index (χ0n) is 22.0. The molecule has 0 atom stereocenters. The molecule has 3 rings (SSSR count). The first-order chi connectivity index (χ1) is 18.3. The van der Waals surface area contributed by atoms with E-state index in [0.29, 0.717) is 33.1 Å². The Morgan fingerprint density at radius 2 is 1.64 bits per heavy atom. The molecule has 0 saturated carbocycles. The summed E-state index contributed by atoms with van der Waals surface area (Å²) < 4.78 is 36.7. The molecule has 0 bridgehead atoms. The number of ether oxygens (including phenoxy) is 2. The molecule has 3 aromatic carbocycles. The van der Waals surface area contributed by atoms with Gasteiger partial charge in [-0.2, -0.15) is 5.10 Å². The maximum absolute atomic E-state index is 12.5. The summed E-state index contributed by atoms with van der Waals surface area (Å²) in [5.74, 6) is -0.444. The normalized spacial score (nSPS) is 11.7. The lowest BCUT2D eigenvalue weighted by Crippen LogP contribution is -2.29. The molecule has 9 nitrogen and oxygen atoms in total. The summed E-state index contributed by atoms with van der Waals surface area (Å²) in [5.41, 5.74) is 3.90. The van der Waals surface area contributed by atoms with E-state index in [9.17, 15) is 18.0 Å². The summed E-state index contributed by atoms with van der Waals surface area (Å²) in [4.78, 5) is 24.3. The fourth-order valence-electron chi connectivity index (χ4n) is 3.35. The maximum atomic E-state index is 12.5. The Bertz CT molecular complexity index is 1430. The van der Waals surface area contributed by atoms with Gasteiger partial charge < -0.3 is 9.47 Å². The Kier molecular flexibility index (Phi) is 9.71. The molecular weight excluding hydrogens is 542 g/mol. The molecule has 39 heavy (non-hydrogen) atoms. The van der Waals surface area contributed by atoms with Gasteiger partial charge in [0.15, 0.2) is 6.61 Å². The van der Waals surface area contributed by atoms with Crippen LogP contribution in [-0.4, -0.2) is 45.0 Å². The number of amides is 1. The van der Waals surface area contributed by atoms with Crippen LogP contribution < -0.4 is 14.5 Å². The van der Waals surface area contributed by atoms with Crippen LogP contribution in [0.5, 0.6) is 5.75 Å². The third-order valence-corrected chi connectivity index (χ3v) is 6.64. The summed E-state index contributed by atoms with van der Waals surface area (Å²) in [6.07, 6.45) is 2.57. The number of nitrogens with one attached hydrogen (secondary N) is 1. The molecule has 0 aliphatic heterocycles. The topological polar surface area (TPSA) is 114 Å². The lowest BCUT2D eigenvalue weighted by Gasteiger charge is -2.23. The highest BCUT2D eigenvalue weighted by molar-refractivity contribution is 7.92. The molecule has 1 N–H and O–H groups in total. The molecule has 0 aliphatic rings. The van der Waals surface area contributed by atoms with Gasteiger partial charge in [0.05, 0.1) is 24.7 Å². The van der Waals surface area contributed by atoms with Crippen LogP contribution in [0.25, 0.3) is 0 Å². The number of hydrogen-bond donors (Lipinski definition) is 1. The van der Waals surface area contributed by atoms with Crippen molar-refractivity contribution in [2.75, 3.05) is 17.2 Å². The van der Waals surface area contributed by atoms with Crippen molar-refractivity contribution < 1.29 is 27.5 Å². The Morgan fingerprint density at radius 3 is 2.23 bits per heavy atom. The molecule has 0 heterocycles. The number of carbonyl (C=O) groups is 2. The van der Waals surface area contributed by atoms with Gasteiger partial charge in [0.25, 0.3) is 5.91 Å². The van der Waals surface area contributed by atoms with Gasteiger partial charge in [-0.1, -0.05) is 29.8 Å².